The summed E-state index contributed by atoms with van der Waals surface area (Å²) < 4.78 is 59.7. The second kappa shape index (κ2) is 16.2. The molecule has 0 spiro atoms. The monoisotopic (exact) mass is 689 g/mol. The van der Waals surface area contributed by atoms with Crippen LogP contribution in [0, 0.1) is 5.82 Å². The largest absolute Gasteiger partial charge is 0.495 e. The van der Waals surface area contributed by atoms with Crippen molar-refractivity contribution in [3.63, 3.8) is 0 Å². The minimum atomic E-state index is -4.48. The lowest BCUT2D eigenvalue weighted by Crippen LogP contribution is -2.54. The Balaban J connectivity index is 1.79. The molecule has 3 aromatic rings. The van der Waals surface area contributed by atoms with E-state index in [0.717, 1.165) is 36.4 Å². The van der Waals surface area contributed by atoms with Crippen molar-refractivity contribution < 1.29 is 36.6 Å². The fourth-order valence-corrected chi connectivity index (χ4v) is 7.32. The molecule has 0 unspecified atom stereocenters. The van der Waals surface area contributed by atoms with Gasteiger partial charge in [0.15, 0.2) is 11.5 Å². The zero-order valence-electron chi connectivity index (χ0n) is 27.0. The van der Waals surface area contributed by atoms with Crippen molar-refractivity contribution in [1.82, 2.24) is 10.2 Å². The SMILES string of the molecule is CC[C@@H](C(=O)NC1CCCCC1)N(Cc1ccc(F)cc1)C(=O)CN(c1cc(Cl)ccc1OC)S(=O)(=O)c1ccc(OC)c(OC)c1. The molecule has 254 valence electrons. The van der Waals surface area contributed by atoms with Gasteiger partial charge in [-0.15, -0.1) is 0 Å². The van der Waals surface area contributed by atoms with Crippen molar-refractivity contribution in [3.05, 3.63) is 77.1 Å². The van der Waals surface area contributed by atoms with Crippen molar-refractivity contribution in [1.29, 1.82) is 0 Å². The van der Waals surface area contributed by atoms with E-state index in [-0.39, 0.29) is 52.0 Å². The number of sulfonamides is 1. The van der Waals surface area contributed by atoms with E-state index in [1.807, 2.05) is 0 Å². The number of nitrogens with one attached hydrogen (secondary N) is 1. The van der Waals surface area contributed by atoms with Gasteiger partial charge in [-0.05, 0) is 67.3 Å². The number of anilines is 1. The smallest absolute Gasteiger partial charge is 0.265 e. The van der Waals surface area contributed by atoms with Crippen LogP contribution in [0.1, 0.15) is 51.0 Å². The zero-order valence-corrected chi connectivity index (χ0v) is 28.6. The first-order chi connectivity index (χ1) is 22.5. The fourth-order valence-electron chi connectivity index (χ4n) is 5.73. The third kappa shape index (κ3) is 8.66. The van der Waals surface area contributed by atoms with Gasteiger partial charge in [0, 0.05) is 23.7 Å². The number of benzene rings is 3. The quantitative estimate of drug-likeness (QED) is 0.222. The van der Waals surface area contributed by atoms with E-state index in [9.17, 15) is 22.4 Å². The summed E-state index contributed by atoms with van der Waals surface area (Å²) in [6.07, 6.45) is 5.07. The molecule has 10 nitrogen and oxygen atoms in total. The molecule has 0 bridgehead atoms. The first kappa shape index (κ1) is 35.8. The molecule has 47 heavy (non-hydrogen) atoms. The van der Waals surface area contributed by atoms with Crippen LogP contribution in [0.5, 0.6) is 17.2 Å². The van der Waals surface area contributed by atoms with Crippen LogP contribution in [0.2, 0.25) is 5.02 Å². The van der Waals surface area contributed by atoms with E-state index < -0.39 is 34.3 Å². The van der Waals surface area contributed by atoms with Gasteiger partial charge in [0.25, 0.3) is 10.0 Å². The molecule has 0 saturated heterocycles. The minimum absolute atomic E-state index is 0.00859. The van der Waals surface area contributed by atoms with E-state index >= 15 is 0 Å². The minimum Gasteiger partial charge on any atom is -0.495 e. The number of ether oxygens (including phenoxy) is 3. The summed E-state index contributed by atoms with van der Waals surface area (Å²) in [6, 6.07) is 13.2. The van der Waals surface area contributed by atoms with Crippen LogP contribution in [0.15, 0.2) is 65.6 Å². The van der Waals surface area contributed by atoms with Gasteiger partial charge >= 0.3 is 0 Å². The predicted octanol–water partition coefficient (Wildman–Crippen LogP) is 5.96. The summed E-state index contributed by atoms with van der Waals surface area (Å²) >= 11 is 6.33. The Bertz CT molecular complexity index is 1650. The summed E-state index contributed by atoms with van der Waals surface area (Å²) in [5.74, 6) is -0.807. The number of hydrogen-bond acceptors (Lipinski definition) is 7. The van der Waals surface area contributed by atoms with E-state index in [1.165, 1.54) is 86.9 Å². The lowest BCUT2D eigenvalue weighted by molar-refractivity contribution is -0.140. The molecule has 13 heteroatoms. The average Bonchev–Trinajstić information content (AvgIpc) is 3.07. The Kier molecular flexibility index (Phi) is 12.3. The Morgan fingerprint density at radius 3 is 2.17 bits per heavy atom. The molecule has 0 aromatic heterocycles. The lowest BCUT2D eigenvalue weighted by Gasteiger charge is -2.34. The maximum atomic E-state index is 14.4. The molecule has 1 aliphatic carbocycles. The summed E-state index contributed by atoms with van der Waals surface area (Å²) in [4.78, 5) is 29.3. The topological polar surface area (TPSA) is 114 Å². The summed E-state index contributed by atoms with van der Waals surface area (Å²) in [5.41, 5.74) is 0.586. The highest BCUT2D eigenvalue weighted by atomic mass is 35.5. The Labute approximate surface area is 280 Å². The van der Waals surface area contributed by atoms with Crippen LogP contribution in [0.4, 0.5) is 10.1 Å². The molecule has 1 aliphatic rings. The number of hydrogen-bond donors (Lipinski definition) is 1. The van der Waals surface area contributed by atoms with Gasteiger partial charge in [0.1, 0.15) is 24.2 Å². The van der Waals surface area contributed by atoms with Gasteiger partial charge in [0.2, 0.25) is 11.8 Å². The van der Waals surface area contributed by atoms with Crippen LogP contribution in [-0.4, -0.2) is 65.1 Å². The highest BCUT2D eigenvalue weighted by molar-refractivity contribution is 7.92. The number of amides is 2. The van der Waals surface area contributed by atoms with Gasteiger partial charge < -0.3 is 24.4 Å². The van der Waals surface area contributed by atoms with E-state index in [4.69, 9.17) is 25.8 Å². The first-order valence-corrected chi connectivity index (χ1v) is 17.3. The average molecular weight is 690 g/mol. The van der Waals surface area contributed by atoms with Gasteiger partial charge in [-0.1, -0.05) is 49.9 Å². The molecule has 1 saturated carbocycles. The molecule has 0 radical (unpaired) electrons. The van der Waals surface area contributed by atoms with Crippen molar-refractivity contribution in [3.8, 4) is 17.2 Å². The molecular formula is C34H41ClFN3O7S. The number of carbonyl (C=O) groups excluding carboxylic acids is 2. The maximum Gasteiger partial charge on any atom is 0.265 e. The standard InChI is InChI=1S/C34H41ClFN3O7S/c1-5-28(34(41)37-26-9-7-6-8-10-26)38(21-23-11-14-25(36)15-12-23)33(40)22-39(29-19-24(35)13-17-30(29)44-2)47(42,43)27-16-18-31(45-3)32(20-27)46-4/h11-20,26,28H,5-10,21-22H2,1-4H3,(H,37,41)/t28-/m0/s1. The fraction of sp³-hybridized carbons (Fsp3) is 0.412. The molecule has 2 amide bonds. The summed E-state index contributed by atoms with van der Waals surface area (Å²) in [6.45, 7) is 1.02. The molecule has 0 heterocycles. The second-order valence-electron chi connectivity index (χ2n) is 11.3. The van der Waals surface area contributed by atoms with Crippen molar-refractivity contribution in [2.24, 2.45) is 0 Å². The summed E-state index contributed by atoms with van der Waals surface area (Å²) in [5, 5.41) is 3.31. The molecule has 1 fully saturated rings. The molecule has 0 aliphatic heterocycles. The van der Waals surface area contributed by atoms with Gasteiger partial charge in [-0.3, -0.25) is 13.9 Å². The third-order valence-electron chi connectivity index (χ3n) is 8.24. The Hall–Kier alpha value is -4.03. The van der Waals surface area contributed by atoms with Crippen LogP contribution in [0.25, 0.3) is 0 Å². The number of halogens is 2. The lowest BCUT2D eigenvalue weighted by atomic mass is 9.95. The van der Waals surface area contributed by atoms with Gasteiger partial charge in [0.05, 0.1) is 31.9 Å². The van der Waals surface area contributed by atoms with E-state index in [0.29, 0.717) is 11.3 Å². The van der Waals surface area contributed by atoms with Crippen molar-refractivity contribution in [2.45, 2.75) is 69.0 Å². The van der Waals surface area contributed by atoms with Crippen LogP contribution in [-0.2, 0) is 26.2 Å². The molecule has 4 rings (SSSR count). The maximum absolute atomic E-state index is 14.4. The number of rotatable bonds is 14. The van der Waals surface area contributed by atoms with E-state index in [1.54, 1.807) is 6.92 Å². The number of nitrogens with zero attached hydrogens (tertiary/aromatic N) is 2. The zero-order chi connectivity index (χ0) is 34.1. The Morgan fingerprint density at radius 2 is 1.55 bits per heavy atom. The van der Waals surface area contributed by atoms with Crippen LogP contribution in [0.3, 0.4) is 0 Å². The van der Waals surface area contributed by atoms with Crippen LogP contribution >= 0.6 is 11.6 Å². The Morgan fingerprint density at radius 1 is 0.915 bits per heavy atom. The molecular weight excluding hydrogens is 649 g/mol. The highest BCUT2D eigenvalue weighted by Gasteiger charge is 2.36. The third-order valence-corrected chi connectivity index (χ3v) is 10.2. The normalized spacial score (nSPS) is 14.2. The van der Waals surface area contributed by atoms with Crippen molar-refractivity contribution >= 4 is 39.1 Å². The number of carbonyl (C=O) groups is 2. The molecule has 1 N–H and O–H groups in total. The van der Waals surface area contributed by atoms with Crippen molar-refractivity contribution in [2.75, 3.05) is 32.2 Å². The van der Waals surface area contributed by atoms with Crippen LogP contribution < -0.4 is 23.8 Å². The number of methoxy groups -OCH3 is 3. The molecule has 1 atom stereocenters. The van der Waals surface area contributed by atoms with Gasteiger partial charge in [-0.2, -0.15) is 0 Å². The second-order valence-corrected chi connectivity index (χ2v) is 13.6. The molecule has 3 aromatic carbocycles. The predicted molar refractivity (Wildman–Crippen MR) is 178 cm³/mol. The van der Waals surface area contributed by atoms with Gasteiger partial charge in [-0.25, -0.2) is 12.8 Å². The first-order valence-electron chi connectivity index (χ1n) is 15.4. The summed E-state index contributed by atoms with van der Waals surface area (Å²) in [7, 11) is -0.298. The van der Waals surface area contributed by atoms with E-state index in [2.05, 4.69) is 5.32 Å². The highest BCUT2D eigenvalue weighted by Crippen LogP contribution is 2.37.